The summed E-state index contributed by atoms with van der Waals surface area (Å²) in [6, 6.07) is 15.1. The van der Waals surface area contributed by atoms with E-state index >= 15 is 0 Å². The minimum absolute atomic E-state index is 0.308. The lowest BCUT2D eigenvalue weighted by Gasteiger charge is -2.05. The predicted molar refractivity (Wildman–Crippen MR) is 78.5 cm³/mol. The lowest BCUT2D eigenvalue weighted by atomic mass is 10.1. The zero-order valence-corrected chi connectivity index (χ0v) is 11.3. The second-order valence-corrected chi connectivity index (χ2v) is 4.61. The maximum atomic E-state index is 13.3. The van der Waals surface area contributed by atoms with E-state index in [0.29, 0.717) is 22.3 Å². The number of esters is 1. The Morgan fingerprint density at radius 3 is 2.67 bits per heavy atom. The average molecular weight is 281 g/mol. The molecule has 1 aromatic heterocycles. The first kappa shape index (κ1) is 13.2. The molecule has 21 heavy (non-hydrogen) atoms. The normalized spacial score (nSPS) is 10.6. The highest BCUT2D eigenvalue weighted by Crippen LogP contribution is 2.22. The predicted octanol–water partition coefficient (Wildman–Crippen LogP) is 3.83. The van der Waals surface area contributed by atoms with Gasteiger partial charge in [-0.1, -0.05) is 24.3 Å². The zero-order valence-electron chi connectivity index (χ0n) is 11.3. The molecule has 104 valence electrons. The van der Waals surface area contributed by atoms with Crippen LogP contribution >= 0.6 is 0 Å². The summed E-state index contributed by atoms with van der Waals surface area (Å²) in [6.07, 6.45) is 0. The molecule has 0 spiro atoms. The monoisotopic (exact) mass is 281 g/mol. The number of ether oxygens (including phenoxy) is 1. The third kappa shape index (κ3) is 2.60. The van der Waals surface area contributed by atoms with Crippen molar-refractivity contribution in [2.45, 2.75) is 0 Å². The van der Waals surface area contributed by atoms with E-state index < -0.39 is 5.97 Å². The maximum Gasteiger partial charge on any atom is 0.337 e. The number of carbonyl (C=O) groups is 1. The van der Waals surface area contributed by atoms with Gasteiger partial charge in [-0.15, -0.1) is 0 Å². The van der Waals surface area contributed by atoms with Crippen LogP contribution in [0.2, 0.25) is 0 Å². The third-order valence-corrected chi connectivity index (χ3v) is 3.23. The van der Waals surface area contributed by atoms with Crippen LogP contribution in [0.1, 0.15) is 10.4 Å². The number of aromatic nitrogens is 1. The zero-order chi connectivity index (χ0) is 14.8. The molecule has 0 saturated carbocycles. The molecule has 0 N–H and O–H groups in total. The van der Waals surface area contributed by atoms with E-state index in [1.54, 1.807) is 24.3 Å². The summed E-state index contributed by atoms with van der Waals surface area (Å²) in [7, 11) is 1.34. The lowest BCUT2D eigenvalue weighted by molar-refractivity contribution is 0.0601. The van der Waals surface area contributed by atoms with Crippen LogP contribution in [0.15, 0.2) is 54.6 Å². The fourth-order valence-electron chi connectivity index (χ4n) is 2.17. The second kappa shape index (κ2) is 5.32. The summed E-state index contributed by atoms with van der Waals surface area (Å²) < 4.78 is 18.0. The van der Waals surface area contributed by atoms with E-state index in [4.69, 9.17) is 4.74 Å². The van der Waals surface area contributed by atoms with Gasteiger partial charge in [-0.25, -0.2) is 14.2 Å². The summed E-state index contributed by atoms with van der Waals surface area (Å²) in [6.45, 7) is 0. The quantitative estimate of drug-likeness (QED) is 0.670. The van der Waals surface area contributed by atoms with Crippen molar-refractivity contribution in [3.8, 4) is 11.3 Å². The van der Waals surface area contributed by atoms with Crippen molar-refractivity contribution in [3.63, 3.8) is 0 Å². The average Bonchev–Trinajstić information content (AvgIpc) is 2.53. The van der Waals surface area contributed by atoms with Gasteiger partial charge >= 0.3 is 5.97 Å². The lowest BCUT2D eigenvalue weighted by Crippen LogP contribution is -2.00. The minimum atomic E-state index is -0.408. The molecular formula is C17H12FNO2. The molecule has 0 aliphatic carbocycles. The van der Waals surface area contributed by atoms with Crippen LogP contribution in [0.25, 0.3) is 22.2 Å². The van der Waals surface area contributed by atoms with Gasteiger partial charge in [0, 0.05) is 10.9 Å². The molecule has 0 fully saturated rings. The Morgan fingerprint density at radius 2 is 1.90 bits per heavy atom. The van der Waals surface area contributed by atoms with Gasteiger partial charge in [0.2, 0.25) is 0 Å². The number of hydrogen-bond acceptors (Lipinski definition) is 3. The van der Waals surface area contributed by atoms with Gasteiger partial charge < -0.3 is 4.74 Å². The molecule has 0 atom stereocenters. The van der Waals surface area contributed by atoms with Gasteiger partial charge in [0.1, 0.15) is 5.82 Å². The van der Waals surface area contributed by atoms with E-state index in [1.165, 1.54) is 19.2 Å². The Morgan fingerprint density at radius 1 is 1.10 bits per heavy atom. The van der Waals surface area contributed by atoms with Crippen LogP contribution in [0.5, 0.6) is 0 Å². The van der Waals surface area contributed by atoms with Crippen molar-refractivity contribution in [1.29, 1.82) is 0 Å². The Kier molecular flexibility index (Phi) is 3.36. The summed E-state index contributed by atoms with van der Waals surface area (Å²) in [4.78, 5) is 16.0. The Hall–Kier alpha value is -2.75. The van der Waals surface area contributed by atoms with Crippen LogP contribution in [0, 0.1) is 5.82 Å². The van der Waals surface area contributed by atoms with Gasteiger partial charge in [0.05, 0.1) is 23.9 Å². The van der Waals surface area contributed by atoms with Crippen molar-refractivity contribution in [3.05, 3.63) is 66.0 Å². The van der Waals surface area contributed by atoms with Crippen LogP contribution in [-0.2, 0) is 4.74 Å². The number of nitrogens with zero attached hydrogens (tertiary/aromatic N) is 1. The molecule has 3 rings (SSSR count). The molecule has 3 aromatic rings. The van der Waals surface area contributed by atoms with Crippen molar-refractivity contribution in [2.24, 2.45) is 0 Å². The van der Waals surface area contributed by atoms with Crippen molar-refractivity contribution in [1.82, 2.24) is 4.98 Å². The summed E-state index contributed by atoms with van der Waals surface area (Å²) in [5.41, 5.74) is 2.46. The SMILES string of the molecule is COC(=O)c1ccc2ccc(-c3cccc(F)c3)nc2c1. The number of methoxy groups -OCH3 is 1. The molecule has 3 nitrogen and oxygen atoms in total. The molecular weight excluding hydrogens is 269 g/mol. The third-order valence-electron chi connectivity index (χ3n) is 3.23. The number of carbonyl (C=O) groups excluding carboxylic acids is 1. The molecule has 0 amide bonds. The van der Waals surface area contributed by atoms with Crippen LogP contribution in [0.4, 0.5) is 4.39 Å². The van der Waals surface area contributed by atoms with Crippen molar-refractivity contribution < 1.29 is 13.9 Å². The fourth-order valence-corrected chi connectivity index (χ4v) is 2.17. The van der Waals surface area contributed by atoms with E-state index in [1.807, 2.05) is 18.2 Å². The molecule has 0 radical (unpaired) electrons. The molecule has 1 heterocycles. The Labute approximate surface area is 121 Å². The van der Waals surface area contributed by atoms with Gasteiger partial charge in [-0.05, 0) is 30.3 Å². The van der Waals surface area contributed by atoms with Gasteiger partial charge in [-0.2, -0.15) is 0 Å². The molecule has 4 heteroatoms. The Bertz CT molecular complexity index is 830. The summed E-state index contributed by atoms with van der Waals surface area (Å²) in [5.74, 6) is -0.715. The van der Waals surface area contributed by atoms with Crippen LogP contribution < -0.4 is 0 Å². The topological polar surface area (TPSA) is 39.2 Å². The second-order valence-electron chi connectivity index (χ2n) is 4.61. The van der Waals surface area contributed by atoms with Crippen molar-refractivity contribution in [2.75, 3.05) is 7.11 Å². The van der Waals surface area contributed by atoms with Gasteiger partial charge in [0.25, 0.3) is 0 Å². The summed E-state index contributed by atoms with van der Waals surface area (Å²) >= 11 is 0. The van der Waals surface area contributed by atoms with Crippen molar-refractivity contribution >= 4 is 16.9 Å². The number of fused-ring (bicyclic) bond motifs is 1. The first-order chi connectivity index (χ1) is 10.2. The molecule has 0 saturated heterocycles. The molecule has 0 bridgehead atoms. The number of benzene rings is 2. The molecule has 0 aliphatic heterocycles. The van der Waals surface area contributed by atoms with E-state index in [-0.39, 0.29) is 5.82 Å². The molecule has 0 unspecified atom stereocenters. The van der Waals surface area contributed by atoms with E-state index in [2.05, 4.69) is 4.98 Å². The smallest absolute Gasteiger partial charge is 0.337 e. The van der Waals surface area contributed by atoms with Crippen LogP contribution in [0.3, 0.4) is 0 Å². The minimum Gasteiger partial charge on any atom is -0.465 e. The number of rotatable bonds is 2. The maximum absolute atomic E-state index is 13.3. The first-order valence-corrected chi connectivity index (χ1v) is 6.42. The van der Waals surface area contributed by atoms with Crippen LogP contribution in [-0.4, -0.2) is 18.1 Å². The standard InChI is InChI=1S/C17H12FNO2/c1-21-17(20)13-6-5-11-7-8-15(19-16(11)10-13)12-3-2-4-14(18)9-12/h2-10H,1H3. The highest BCUT2D eigenvalue weighted by Gasteiger charge is 2.08. The first-order valence-electron chi connectivity index (χ1n) is 6.42. The molecule has 0 aliphatic rings. The van der Waals surface area contributed by atoms with Gasteiger partial charge in [0.15, 0.2) is 0 Å². The number of hydrogen-bond donors (Lipinski definition) is 0. The van der Waals surface area contributed by atoms with E-state index in [0.717, 1.165) is 5.39 Å². The van der Waals surface area contributed by atoms with Gasteiger partial charge in [-0.3, -0.25) is 0 Å². The number of pyridine rings is 1. The highest BCUT2D eigenvalue weighted by atomic mass is 19.1. The summed E-state index contributed by atoms with van der Waals surface area (Å²) in [5, 5.41) is 0.905. The molecule has 2 aromatic carbocycles. The fraction of sp³-hybridized carbons (Fsp3) is 0.0588. The van der Waals surface area contributed by atoms with E-state index in [9.17, 15) is 9.18 Å². The largest absolute Gasteiger partial charge is 0.465 e. The number of halogens is 1. The Balaban J connectivity index is 2.12. The highest BCUT2D eigenvalue weighted by molar-refractivity contribution is 5.94.